The van der Waals surface area contributed by atoms with Crippen LogP contribution >= 0.6 is 11.8 Å². The number of nitrogens with zero attached hydrogens (tertiary/aromatic N) is 2. The first kappa shape index (κ1) is 14.7. The first-order chi connectivity index (χ1) is 9.67. The van der Waals surface area contributed by atoms with E-state index >= 15 is 0 Å². The molecule has 0 bridgehead atoms. The van der Waals surface area contributed by atoms with E-state index in [-0.39, 0.29) is 11.9 Å². The van der Waals surface area contributed by atoms with Gasteiger partial charge in [-0.3, -0.25) is 9.48 Å². The second-order valence-electron chi connectivity index (χ2n) is 4.51. The van der Waals surface area contributed by atoms with Crippen LogP contribution in [0.2, 0.25) is 0 Å². The molecule has 0 radical (unpaired) electrons. The molecule has 2 rings (SSSR count). The van der Waals surface area contributed by atoms with Crippen molar-refractivity contribution in [2.45, 2.75) is 24.3 Å². The third kappa shape index (κ3) is 3.04. The van der Waals surface area contributed by atoms with Gasteiger partial charge < -0.3 is 5.32 Å². The van der Waals surface area contributed by atoms with Crippen molar-refractivity contribution in [2.75, 3.05) is 6.26 Å². The summed E-state index contributed by atoms with van der Waals surface area (Å²) in [5.41, 5.74) is 1.74. The van der Waals surface area contributed by atoms with Crippen molar-refractivity contribution in [2.24, 2.45) is 7.05 Å². The molecule has 0 aliphatic rings. The van der Waals surface area contributed by atoms with E-state index in [4.69, 9.17) is 0 Å². The van der Waals surface area contributed by atoms with Crippen molar-refractivity contribution in [3.8, 4) is 0 Å². The average molecular weight is 289 g/mol. The minimum atomic E-state index is -0.0389. The van der Waals surface area contributed by atoms with Crippen LogP contribution < -0.4 is 5.32 Å². The van der Waals surface area contributed by atoms with Gasteiger partial charge in [0.05, 0.1) is 17.3 Å². The molecule has 1 aromatic carbocycles. The fraction of sp³-hybridized carbons (Fsp3) is 0.333. The van der Waals surface area contributed by atoms with E-state index in [9.17, 15) is 4.79 Å². The zero-order valence-electron chi connectivity index (χ0n) is 12.0. The summed E-state index contributed by atoms with van der Waals surface area (Å²) >= 11 is 1.58. The van der Waals surface area contributed by atoms with E-state index in [1.807, 2.05) is 43.6 Å². The molecule has 0 spiro atoms. The first-order valence-corrected chi connectivity index (χ1v) is 7.81. The Kier molecular flexibility index (Phi) is 4.84. The molecular weight excluding hydrogens is 270 g/mol. The number of rotatable bonds is 5. The van der Waals surface area contributed by atoms with Crippen LogP contribution in [0.1, 0.15) is 35.4 Å². The zero-order chi connectivity index (χ0) is 14.5. The topological polar surface area (TPSA) is 46.9 Å². The van der Waals surface area contributed by atoms with Crippen molar-refractivity contribution in [3.05, 3.63) is 47.8 Å². The fourth-order valence-corrected chi connectivity index (χ4v) is 2.77. The monoisotopic (exact) mass is 289 g/mol. The summed E-state index contributed by atoms with van der Waals surface area (Å²) in [6, 6.07) is 9.57. The summed E-state index contributed by atoms with van der Waals surface area (Å²) in [5, 5.41) is 7.25. The van der Waals surface area contributed by atoms with Gasteiger partial charge in [0.1, 0.15) is 0 Å². The lowest BCUT2D eigenvalue weighted by molar-refractivity contribution is 0.0931. The number of hydrogen-bond donors (Lipinski definition) is 1. The fourth-order valence-electron chi connectivity index (χ4n) is 2.18. The Bertz CT molecular complexity index is 594. The Morgan fingerprint density at radius 3 is 2.75 bits per heavy atom. The van der Waals surface area contributed by atoms with Crippen LogP contribution in [0, 0.1) is 0 Å². The highest BCUT2D eigenvalue weighted by atomic mass is 32.2. The standard InChI is InChI=1S/C15H19N3OS/c1-4-12(13-9-10-16-18(13)2)17-15(19)11-7-5-6-8-14(11)20-3/h5-10,12H,4H2,1-3H3,(H,17,19). The number of aromatic nitrogens is 2. The van der Waals surface area contributed by atoms with Gasteiger partial charge in [-0.1, -0.05) is 19.1 Å². The molecule has 0 fully saturated rings. The minimum Gasteiger partial charge on any atom is -0.344 e. The Hall–Kier alpha value is -1.75. The van der Waals surface area contributed by atoms with Gasteiger partial charge in [0.15, 0.2) is 0 Å². The van der Waals surface area contributed by atoms with Crippen LogP contribution in [0.25, 0.3) is 0 Å². The van der Waals surface area contributed by atoms with Crippen LogP contribution in [-0.2, 0) is 7.05 Å². The summed E-state index contributed by atoms with van der Waals surface area (Å²) in [7, 11) is 1.89. The SMILES string of the molecule is CCC(NC(=O)c1ccccc1SC)c1ccnn1C. The number of thioether (sulfide) groups is 1. The van der Waals surface area contributed by atoms with Crippen LogP contribution in [0.3, 0.4) is 0 Å². The lowest BCUT2D eigenvalue weighted by Crippen LogP contribution is -2.29. The van der Waals surface area contributed by atoms with Crippen molar-refractivity contribution in [1.29, 1.82) is 0 Å². The summed E-state index contributed by atoms with van der Waals surface area (Å²) in [5.74, 6) is -0.0389. The molecule has 5 heteroatoms. The molecule has 20 heavy (non-hydrogen) atoms. The molecule has 0 saturated heterocycles. The Morgan fingerprint density at radius 1 is 1.40 bits per heavy atom. The van der Waals surface area contributed by atoms with E-state index in [0.717, 1.165) is 22.6 Å². The molecule has 1 amide bonds. The highest BCUT2D eigenvalue weighted by molar-refractivity contribution is 7.98. The second kappa shape index (κ2) is 6.61. The molecule has 0 aliphatic carbocycles. The van der Waals surface area contributed by atoms with Crippen molar-refractivity contribution >= 4 is 17.7 Å². The maximum absolute atomic E-state index is 12.4. The Balaban J connectivity index is 2.20. The lowest BCUT2D eigenvalue weighted by Gasteiger charge is -2.18. The number of benzene rings is 1. The largest absolute Gasteiger partial charge is 0.344 e. The van der Waals surface area contributed by atoms with Gasteiger partial charge in [-0.2, -0.15) is 5.10 Å². The summed E-state index contributed by atoms with van der Waals surface area (Å²) < 4.78 is 1.80. The molecule has 1 aromatic heterocycles. The van der Waals surface area contributed by atoms with Crippen LogP contribution in [0.4, 0.5) is 0 Å². The number of hydrogen-bond acceptors (Lipinski definition) is 3. The number of carbonyl (C=O) groups excluding carboxylic acids is 1. The molecule has 1 N–H and O–H groups in total. The lowest BCUT2D eigenvalue weighted by atomic mass is 10.1. The van der Waals surface area contributed by atoms with E-state index in [0.29, 0.717) is 0 Å². The molecule has 0 saturated carbocycles. The van der Waals surface area contributed by atoms with Gasteiger partial charge in [-0.15, -0.1) is 11.8 Å². The van der Waals surface area contributed by atoms with Crippen LogP contribution in [0.5, 0.6) is 0 Å². The molecule has 4 nitrogen and oxygen atoms in total. The van der Waals surface area contributed by atoms with Crippen molar-refractivity contribution in [3.63, 3.8) is 0 Å². The normalized spacial score (nSPS) is 12.2. The smallest absolute Gasteiger partial charge is 0.252 e. The second-order valence-corrected chi connectivity index (χ2v) is 5.36. The van der Waals surface area contributed by atoms with Crippen molar-refractivity contribution in [1.82, 2.24) is 15.1 Å². The molecular formula is C15H19N3OS. The first-order valence-electron chi connectivity index (χ1n) is 6.59. The summed E-state index contributed by atoms with van der Waals surface area (Å²) in [6.45, 7) is 2.05. The molecule has 1 heterocycles. The maximum atomic E-state index is 12.4. The number of nitrogens with one attached hydrogen (secondary N) is 1. The van der Waals surface area contributed by atoms with Gasteiger partial charge in [0, 0.05) is 18.1 Å². The predicted octanol–water partition coefficient (Wildman–Crippen LogP) is 3.02. The minimum absolute atomic E-state index is 0.0232. The predicted molar refractivity (Wildman–Crippen MR) is 81.9 cm³/mol. The third-order valence-corrected chi connectivity index (χ3v) is 4.08. The Morgan fingerprint density at radius 2 is 2.15 bits per heavy atom. The molecule has 0 aliphatic heterocycles. The highest BCUT2D eigenvalue weighted by Gasteiger charge is 2.18. The van der Waals surface area contributed by atoms with Crippen molar-refractivity contribution < 1.29 is 4.79 Å². The van der Waals surface area contributed by atoms with Gasteiger partial charge in [-0.25, -0.2) is 0 Å². The molecule has 2 aromatic rings. The zero-order valence-corrected chi connectivity index (χ0v) is 12.8. The van der Waals surface area contributed by atoms with E-state index < -0.39 is 0 Å². The summed E-state index contributed by atoms with van der Waals surface area (Å²) in [6.07, 6.45) is 4.55. The van der Waals surface area contributed by atoms with E-state index in [2.05, 4.69) is 17.3 Å². The number of carbonyl (C=O) groups is 1. The quantitative estimate of drug-likeness (QED) is 0.861. The van der Waals surface area contributed by atoms with E-state index in [1.54, 1.807) is 22.6 Å². The van der Waals surface area contributed by atoms with Gasteiger partial charge in [-0.05, 0) is 30.9 Å². The number of amides is 1. The van der Waals surface area contributed by atoms with Crippen LogP contribution in [-0.4, -0.2) is 21.9 Å². The van der Waals surface area contributed by atoms with Crippen LogP contribution in [0.15, 0.2) is 41.4 Å². The molecule has 1 atom stereocenters. The maximum Gasteiger partial charge on any atom is 0.252 e. The highest BCUT2D eigenvalue weighted by Crippen LogP contribution is 2.22. The van der Waals surface area contributed by atoms with Gasteiger partial charge in [0.2, 0.25) is 0 Å². The van der Waals surface area contributed by atoms with Gasteiger partial charge in [0.25, 0.3) is 5.91 Å². The summed E-state index contributed by atoms with van der Waals surface area (Å²) in [4.78, 5) is 13.4. The third-order valence-electron chi connectivity index (χ3n) is 3.28. The van der Waals surface area contributed by atoms with E-state index in [1.165, 1.54) is 0 Å². The number of aryl methyl sites for hydroxylation is 1. The Labute approximate surface area is 123 Å². The molecule has 106 valence electrons. The molecule has 1 unspecified atom stereocenters. The van der Waals surface area contributed by atoms with Gasteiger partial charge >= 0.3 is 0 Å². The average Bonchev–Trinajstić information content (AvgIpc) is 2.90.